The molecule has 0 aliphatic carbocycles. The van der Waals surface area contributed by atoms with Gasteiger partial charge in [-0.2, -0.15) is 0 Å². The van der Waals surface area contributed by atoms with E-state index in [9.17, 15) is 4.79 Å². The number of fused-ring (bicyclic) bond motifs is 1. The van der Waals surface area contributed by atoms with Crippen LogP contribution in [0.15, 0.2) is 48.5 Å². The van der Waals surface area contributed by atoms with Crippen LogP contribution < -0.4 is 5.32 Å². The van der Waals surface area contributed by atoms with Crippen LogP contribution in [0.4, 0.5) is 5.69 Å². The number of nitrogens with zero attached hydrogens (tertiary/aromatic N) is 1. The van der Waals surface area contributed by atoms with E-state index in [4.69, 9.17) is 4.74 Å². The highest BCUT2D eigenvalue weighted by molar-refractivity contribution is 6.01. The lowest BCUT2D eigenvalue weighted by Gasteiger charge is -2.38. The number of methoxy groups -OCH3 is 1. The van der Waals surface area contributed by atoms with Crippen LogP contribution in [0.2, 0.25) is 0 Å². The molecule has 4 heteroatoms. The molecule has 0 saturated carbocycles. The van der Waals surface area contributed by atoms with E-state index in [1.807, 2.05) is 41.3 Å². The Morgan fingerprint density at radius 2 is 2.00 bits per heavy atom. The Balaban J connectivity index is 2.01. The minimum atomic E-state index is -0.169. The van der Waals surface area contributed by atoms with Crippen molar-refractivity contribution in [3.8, 4) is 0 Å². The van der Waals surface area contributed by atoms with Gasteiger partial charge in [-0.25, -0.2) is 0 Å². The first-order valence-electron chi connectivity index (χ1n) is 7.43. The van der Waals surface area contributed by atoms with Gasteiger partial charge in [-0.1, -0.05) is 42.0 Å². The molecule has 114 valence electrons. The predicted octanol–water partition coefficient (Wildman–Crippen LogP) is 3.21. The van der Waals surface area contributed by atoms with Gasteiger partial charge in [0.2, 0.25) is 0 Å². The molecular weight excluding hydrogens is 276 g/mol. The van der Waals surface area contributed by atoms with E-state index in [1.165, 1.54) is 5.56 Å². The summed E-state index contributed by atoms with van der Waals surface area (Å²) in [7, 11) is 1.65. The van der Waals surface area contributed by atoms with Crippen LogP contribution in [0.5, 0.6) is 0 Å². The van der Waals surface area contributed by atoms with Crippen LogP contribution in [0.1, 0.15) is 27.7 Å². The molecule has 1 aliphatic rings. The number of anilines is 1. The molecule has 1 atom stereocenters. The van der Waals surface area contributed by atoms with E-state index in [0.717, 1.165) is 11.3 Å². The molecular formula is C18H20N2O2. The Morgan fingerprint density at radius 1 is 1.18 bits per heavy atom. The minimum absolute atomic E-state index is 0.0397. The molecule has 1 N–H and O–H groups in total. The summed E-state index contributed by atoms with van der Waals surface area (Å²) in [4.78, 5) is 14.7. The summed E-state index contributed by atoms with van der Waals surface area (Å²) in [5.41, 5.74) is 3.85. The second-order valence-electron chi connectivity index (χ2n) is 5.50. The van der Waals surface area contributed by atoms with Gasteiger partial charge in [0.15, 0.2) is 0 Å². The number of benzene rings is 2. The maximum absolute atomic E-state index is 12.8. The fourth-order valence-corrected chi connectivity index (χ4v) is 2.82. The minimum Gasteiger partial charge on any atom is -0.383 e. The number of hydrogen-bond acceptors (Lipinski definition) is 3. The SMILES string of the molecule is COCCN1C(=O)c2ccccc2N[C@H]1c1cccc(C)c1. The van der Waals surface area contributed by atoms with E-state index in [2.05, 4.69) is 24.4 Å². The highest BCUT2D eigenvalue weighted by atomic mass is 16.5. The molecule has 0 fully saturated rings. The zero-order valence-corrected chi connectivity index (χ0v) is 12.9. The van der Waals surface area contributed by atoms with E-state index in [-0.39, 0.29) is 12.1 Å². The zero-order valence-electron chi connectivity index (χ0n) is 12.9. The van der Waals surface area contributed by atoms with Gasteiger partial charge in [0.05, 0.1) is 12.2 Å². The number of carbonyl (C=O) groups is 1. The maximum Gasteiger partial charge on any atom is 0.257 e. The highest BCUT2D eigenvalue weighted by Crippen LogP contribution is 2.32. The Bertz CT molecular complexity index is 684. The second-order valence-corrected chi connectivity index (χ2v) is 5.50. The van der Waals surface area contributed by atoms with Gasteiger partial charge < -0.3 is 15.0 Å². The fourth-order valence-electron chi connectivity index (χ4n) is 2.82. The van der Waals surface area contributed by atoms with Crippen molar-refractivity contribution in [2.24, 2.45) is 0 Å². The van der Waals surface area contributed by atoms with Crippen LogP contribution >= 0.6 is 0 Å². The first-order valence-corrected chi connectivity index (χ1v) is 7.43. The van der Waals surface area contributed by atoms with Crippen molar-refractivity contribution in [3.63, 3.8) is 0 Å². The predicted molar refractivity (Wildman–Crippen MR) is 86.9 cm³/mol. The number of amides is 1. The molecule has 2 aromatic carbocycles. The summed E-state index contributed by atoms with van der Waals surface area (Å²) in [5, 5.41) is 3.48. The van der Waals surface area contributed by atoms with Gasteiger partial charge in [-0.3, -0.25) is 4.79 Å². The van der Waals surface area contributed by atoms with Gasteiger partial charge in [0.1, 0.15) is 6.17 Å². The van der Waals surface area contributed by atoms with E-state index in [0.29, 0.717) is 18.7 Å². The monoisotopic (exact) mass is 296 g/mol. The van der Waals surface area contributed by atoms with Gasteiger partial charge >= 0.3 is 0 Å². The standard InChI is InChI=1S/C18H20N2O2/c1-13-6-5-7-14(12-13)17-19-16-9-4-3-8-15(16)18(21)20(17)10-11-22-2/h3-9,12,17,19H,10-11H2,1-2H3/t17-/m1/s1. The molecule has 3 rings (SSSR count). The third-order valence-corrected chi connectivity index (χ3v) is 3.92. The molecule has 1 amide bonds. The van der Waals surface area contributed by atoms with Crippen LogP contribution in [0.3, 0.4) is 0 Å². The first-order chi connectivity index (χ1) is 10.7. The topological polar surface area (TPSA) is 41.6 Å². The lowest BCUT2D eigenvalue weighted by atomic mass is 10.0. The largest absolute Gasteiger partial charge is 0.383 e. The lowest BCUT2D eigenvalue weighted by molar-refractivity contribution is 0.0609. The number of para-hydroxylation sites is 1. The van der Waals surface area contributed by atoms with Crippen LogP contribution in [-0.4, -0.2) is 31.1 Å². The smallest absolute Gasteiger partial charge is 0.257 e. The van der Waals surface area contributed by atoms with Crippen molar-refractivity contribution in [2.45, 2.75) is 13.1 Å². The molecule has 0 radical (unpaired) electrons. The van der Waals surface area contributed by atoms with Gasteiger partial charge in [0.25, 0.3) is 5.91 Å². The highest BCUT2D eigenvalue weighted by Gasteiger charge is 2.32. The van der Waals surface area contributed by atoms with Crippen molar-refractivity contribution in [2.75, 3.05) is 25.6 Å². The number of ether oxygens (including phenoxy) is 1. The zero-order chi connectivity index (χ0) is 15.5. The molecule has 0 spiro atoms. The Labute approximate surface area is 130 Å². The number of rotatable bonds is 4. The summed E-state index contributed by atoms with van der Waals surface area (Å²) in [6.07, 6.45) is -0.169. The maximum atomic E-state index is 12.8. The molecule has 4 nitrogen and oxygen atoms in total. The fraction of sp³-hybridized carbons (Fsp3) is 0.278. The third-order valence-electron chi connectivity index (χ3n) is 3.92. The quantitative estimate of drug-likeness (QED) is 0.942. The number of carbonyl (C=O) groups excluding carboxylic acids is 1. The first kappa shape index (κ1) is 14.6. The van der Waals surface area contributed by atoms with Crippen LogP contribution in [-0.2, 0) is 4.74 Å². The number of hydrogen-bond donors (Lipinski definition) is 1. The van der Waals surface area contributed by atoms with Crippen molar-refractivity contribution >= 4 is 11.6 Å². The Morgan fingerprint density at radius 3 is 2.77 bits per heavy atom. The number of nitrogens with one attached hydrogen (secondary N) is 1. The van der Waals surface area contributed by atoms with Gasteiger partial charge in [0, 0.05) is 19.3 Å². The van der Waals surface area contributed by atoms with E-state index in [1.54, 1.807) is 7.11 Å². The summed E-state index contributed by atoms with van der Waals surface area (Å²) in [5.74, 6) is 0.0397. The summed E-state index contributed by atoms with van der Waals surface area (Å²) in [6, 6.07) is 15.9. The van der Waals surface area contributed by atoms with Crippen LogP contribution in [0.25, 0.3) is 0 Å². The molecule has 1 aliphatic heterocycles. The lowest BCUT2D eigenvalue weighted by Crippen LogP contribution is -2.44. The van der Waals surface area contributed by atoms with Crippen molar-refractivity contribution in [1.29, 1.82) is 0 Å². The molecule has 0 aromatic heterocycles. The molecule has 22 heavy (non-hydrogen) atoms. The summed E-state index contributed by atoms with van der Waals surface area (Å²) >= 11 is 0. The average molecular weight is 296 g/mol. The molecule has 0 bridgehead atoms. The molecule has 2 aromatic rings. The molecule has 1 heterocycles. The van der Waals surface area contributed by atoms with Crippen molar-refractivity contribution < 1.29 is 9.53 Å². The Kier molecular flexibility index (Phi) is 4.11. The van der Waals surface area contributed by atoms with Gasteiger partial charge in [-0.05, 0) is 24.6 Å². The average Bonchev–Trinajstić information content (AvgIpc) is 2.54. The van der Waals surface area contributed by atoms with Crippen molar-refractivity contribution in [1.82, 2.24) is 4.90 Å². The Hall–Kier alpha value is -2.33. The van der Waals surface area contributed by atoms with E-state index >= 15 is 0 Å². The molecule has 0 saturated heterocycles. The normalized spacial score (nSPS) is 17.1. The second kappa shape index (κ2) is 6.20. The van der Waals surface area contributed by atoms with E-state index < -0.39 is 0 Å². The van der Waals surface area contributed by atoms with Crippen LogP contribution in [0, 0.1) is 6.92 Å². The summed E-state index contributed by atoms with van der Waals surface area (Å²) in [6.45, 7) is 3.12. The number of aryl methyl sites for hydroxylation is 1. The van der Waals surface area contributed by atoms with Gasteiger partial charge in [-0.15, -0.1) is 0 Å². The van der Waals surface area contributed by atoms with Crippen molar-refractivity contribution in [3.05, 3.63) is 65.2 Å². The summed E-state index contributed by atoms with van der Waals surface area (Å²) < 4.78 is 5.17. The third kappa shape index (κ3) is 2.70. The molecule has 0 unspecified atom stereocenters.